The van der Waals surface area contributed by atoms with Crippen LogP contribution in [0.15, 0.2) is 23.7 Å². The summed E-state index contributed by atoms with van der Waals surface area (Å²) in [6.07, 6.45) is 3.67. The van der Waals surface area contributed by atoms with Crippen molar-refractivity contribution in [2.24, 2.45) is 0 Å². The summed E-state index contributed by atoms with van der Waals surface area (Å²) in [5.41, 5.74) is 7.00. The number of carbonyl (C=O) groups is 1. The van der Waals surface area contributed by atoms with Crippen LogP contribution >= 0.6 is 11.3 Å². The van der Waals surface area contributed by atoms with Gasteiger partial charge in [-0.2, -0.15) is 4.52 Å². The van der Waals surface area contributed by atoms with Gasteiger partial charge in [0, 0.05) is 23.7 Å². The summed E-state index contributed by atoms with van der Waals surface area (Å²) >= 11 is 1.45. The number of nitrogens with zero attached hydrogens (tertiary/aromatic N) is 4. The Morgan fingerprint density at radius 1 is 1.45 bits per heavy atom. The molecule has 0 fully saturated rings. The van der Waals surface area contributed by atoms with Gasteiger partial charge in [-0.1, -0.05) is 13.3 Å². The first-order valence-electron chi connectivity index (χ1n) is 7.03. The summed E-state index contributed by atoms with van der Waals surface area (Å²) in [5.74, 6) is 0.722. The SMILES string of the molecule is CCCCNC(=O)c1cc(N)n2nc(-c3nccs3)nc2c1. The molecule has 3 aromatic rings. The number of carbonyl (C=O) groups excluding carboxylic acids is 1. The monoisotopic (exact) mass is 316 g/mol. The summed E-state index contributed by atoms with van der Waals surface area (Å²) in [7, 11) is 0. The van der Waals surface area contributed by atoms with Crippen LogP contribution in [0.5, 0.6) is 0 Å². The van der Waals surface area contributed by atoms with E-state index in [1.54, 1.807) is 18.3 Å². The summed E-state index contributed by atoms with van der Waals surface area (Å²) in [4.78, 5) is 20.7. The molecule has 114 valence electrons. The maximum Gasteiger partial charge on any atom is 0.251 e. The minimum absolute atomic E-state index is 0.151. The zero-order chi connectivity index (χ0) is 15.5. The van der Waals surface area contributed by atoms with E-state index in [1.807, 2.05) is 5.38 Å². The molecular weight excluding hydrogens is 300 g/mol. The molecule has 1 amide bonds. The fourth-order valence-corrected chi connectivity index (χ4v) is 2.61. The maximum atomic E-state index is 12.1. The largest absolute Gasteiger partial charge is 0.384 e. The second-order valence-corrected chi connectivity index (χ2v) is 5.72. The average molecular weight is 316 g/mol. The van der Waals surface area contributed by atoms with Crippen LogP contribution in [0, 0.1) is 0 Å². The fraction of sp³-hybridized carbons (Fsp3) is 0.286. The lowest BCUT2D eigenvalue weighted by Crippen LogP contribution is -2.24. The highest BCUT2D eigenvalue weighted by Crippen LogP contribution is 2.20. The first-order valence-corrected chi connectivity index (χ1v) is 7.91. The van der Waals surface area contributed by atoms with E-state index in [4.69, 9.17) is 5.73 Å². The Labute approximate surface area is 131 Å². The zero-order valence-corrected chi connectivity index (χ0v) is 12.9. The Morgan fingerprint density at radius 3 is 3.05 bits per heavy atom. The molecule has 8 heteroatoms. The van der Waals surface area contributed by atoms with Crippen LogP contribution in [0.1, 0.15) is 30.1 Å². The number of anilines is 1. The molecule has 0 radical (unpaired) electrons. The van der Waals surface area contributed by atoms with E-state index < -0.39 is 0 Å². The Morgan fingerprint density at radius 2 is 2.32 bits per heavy atom. The molecule has 3 N–H and O–H groups in total. The average Bonchev–Trinajstić information content (AvgIpc) is 3.16. The molecule has 0 unspecified atom stereocenters. The number of thiazole rings is 1. The van der Waals surface area contributed by atoms with Gasteiger partial charge in [0.15, 0.2) is 10.7 Å². The Kier molecular flexibility index (Phi) is 4.01. The van der Waals surface area contributed by atoms with Gasteiger partial charge in [-0.3, -0.25) is 4.79 Å². The molecule has 3 rings (SSSR count). The van der Waals surface area contributed by atoms with Gasteiger partial charge in [-0.15, -0.1) is 16.4 Å². The van der Waals surface area contributed by atoms with Gasteiger partial charge in [0.25, 0.3) is 5.91 Å². The van der Waals surface area contributed by atoms with Crippen LogP contribution in [0.2, 0.25) is 0 Å². The Hall–Kier alpha value is -2.48. The molecule has 0 aliphatic heterocycles. The molecule has 0 atom stereocenters. The molecular formula is C14H16N6OS. The van der Waals surface area contributed by atoms with Crippen molar-refractivity contribution in [3.63, 3.8) is 0 Å². The van der Waals surface area contributed by atoms with E-state index in [0.717, 1.165) is 17.8 Å². The molecule has 0 saturated heterocycles. The van der Waals surface area contributed by atoms with Crippen LogP contribution in [0.3, 0.4) is 0 Å². The van der Waals surface area contributed by atoms with Crippen molar-refractivity contribution in [2.45, 2.75) is 19.8 Å². The predicted octanol–water partition coefficient (Wildman–Crippen LogP) is 1.96. The van der Waals surface area contributed by atoms with Gasteiger partial charge in [0.2, 0.25) is 5.82 Å². The molecule has 7 nitrogen and oxygen atoms in total. The number of nitrogen functional groups attached to an aromatic ring is 1. The van der Waals surface area contributed by atoms with Gasteiger partial charge in [0.05, 0.1) is 0 Å². The number of unbranched alkanes of at least 4 members (excludes halogenated alkanes) is 1. The van der Waals surface area contributed by atoms with Crippen molar-refractivity contribution in [3.05, 3.63) is 29.3 Å². The van der Waals surface area contributed by atoms with Gasteiger partial charge in [-0.25, -0.2) is 9.97 Å². The van der Waals surface area contributed by atoms with Crippen molar-refractivity contribution in [1.82, 2.24) is 24.9 Å². The first-order chi connectivity index (χ1) is 10.7. The third-order valence-electron chi connectivity index (χ3n) is 3.17. The number of rotatable bonds is 5. The molecule has 0 spiro atoms. The van der Waals surface area contributed by atoms with Crippen LogP contribution in [-0.2, 0) is 0 Å². The Balaban J connectivity index is 1.92. The van der Waals surface area contributed by atoms with Crippen LogP contribution in [-0.4, -0.2) is 32.0 Å². The van der Waals surface area contributed by atoms with Crippen molar-refractivity contribution in [1.29, 1.82) is 0 Å². The maximum absolute atomic E-state index is 12.1. The molecule has 0 bridgehead atoms. The van der Waals surface area contributed by atoms with Gasteiger partial charge in [-0.05, 0) is 18.6 Å². The molecule has 0 aliphatic carbocycles. The van der Waals surface area contributed by atoms with Crippen molar-refractivity contribution < 1.29 is 4.79 Å². The van der Waals surface area contributed by atoms with Crippen LogP contribution in [0.4, 0.5) is 5.82 Å². The lowest BCUT2D eigenvalue weighted by Gasteiger charge is -2.05. The summed E-state index contributed by atoms with van der Waals surface area (Å²) < 4.78 is 1.51. The van der Waals surface area contributed by atoms with E-state index in [-0.39, 0.29) is 5.91 Å². The minimum atomic E-state index is -0.151. The molecule has 22 heavy (non-hydrogen) atoms. The standard InChI is InChI=1S/C14H16N6OS/c1-2-3-4-16-13(21)9-7-10(15)20-11(8-9)18-12(19-20)14-17-5-6-22-14/h5-8H,2-4,15H2,1H3,(H,16,21). The molecule has 3 heterocycles. The van der Waals surface area contributed by atoms with Gasteiger partial charge in [0.1, 0.15) is 5.82 Å². The third kappa shape index (κ3) is 2.77. The number of nitrogens with two attached hydrogens (primary N) is 1. The smallest absolute Gasteiger partial charge is 0.251 e. The van der Waals surface area contributed by atoms with E-state index in [2.05, 4.69) is 27.3 Å². The number of nitrogens with one attached hydrogen (secondary N) is 1. The number of amides is 1. The van der Waals surface area contributed by atoms with E-state index >= 15 is 0 Å². The summed E-state index contributed by atoms with van der Waals surface area (Å²) in [6.45, 7) is 2.73. The highest BCUT2D eigenvalue weighted by Gasteiger charge is 2.14. The van der Waals surface area contributed by atoms with Crippen molar-refractivity contribution in [3.8, 4) is 10.8 Å². The molecule has 3 aromatic heterocycles. The van der Waals surface area contributed by atoms with Crippen LogP contribution in [0.25, 0.3) is 16.5 Å². The fourth-order valence-electron chi connectivity index (χ4n) is 2.05. The summed E-state index contributed by atoms with van der Waals surface area (Å²) in [5, 5.41) is 9.77. The van der Waals surface area contributed by atoms with E-state index in [0.29, 0.717) is 29.4 Å². The topological polar surface area (TPSA) is 98.2 Å². The quantitative estimate of drug-likeness (QED) is 0.701. The lowest BCUT2D eigenvalue weighted by molar-refractivity contribution is 0.0953. The third-order valence-corrected chi connectivity index (χ3v) is 3.94. The number of aromatic nitrogens is 4. The summed E-state index contributed by atoms with van der Waals surface area (Å²) in [6, 6.07) is 3.29. The zero-order valence-electron chi connectivity index (χ0n) is 12.1. The number of hydrogen-bond acceptors (Lipinski definition) is 6. The number of hydrogen-bond donors (Lipinski definition) is 2. The number of pyridine rings is 1. The highest BCUT2D eigenvalue weighted by molar-refractivity contribution is 7.13. The van der Waals surface area contributed by atoms with E-state index in [1.165, 1.54) is 15.9 Å². The van der Waals surface area contributed by atoms with Crippen molar-refractivity contribution >= 4 is 28.7 Å². The highest BCUT2D eigenvalue weighted by atomic mass is 32.1. The second kappa shape index (κ2) is 6.10. The minimum Gasteiger partial charge on any atom is -0.384 e. The van der Waals surface area contributed by atoms with Crippen LogP contribution < -0.4 is 11.1 Å². The van der Waals surface area contributed by atoms with Crippen molar-refractivity contribution in [2.75, 3.05) is 12.3 Å². The Bertz CT molecular complexity index is 795. The molecule has 0 aliphatic rings. The van der Waals surface area contributed by atoms with Gasteiger partial charge >= 0.3 is 0 Å². The molecule has 0 saturated carbocycles. The predicted molar refractivity (Wildman–Crippen MR) is 85.7 cm³/mol. The van der Waals surface area contributed by atoms with E-state index in [9.17, 15) is 4.79 Å². The molecule has 0 aromatic carbocycles. The first kappa shape index (κ1) is 14.5. The normalized spacial score (nSPS) is 11.0. The van der Waals surface area contributed by atoms with Gasteiger partial charge < -0.3 is 11.1 Å². The lowest BCUT2D eigenvalue weighted by atomic mass is 10.2. The second-order valence-electron chi connectivity index (χ2n) is 4.82. The number of fused-ring (bicyclic) bond motifs is 1.